The van der Waals surface area contributed by atoms with Crippen molar-refractivity contribution in [1.29, 1.82) is 0 Å². The lowest BCUT2D eigenvalue weighted by atomic mass is 9.78. The number of nitrogens with one attached hydrogen (secondary N) is 1. The number of fused-ring (bicyclic) bond motifs is 1. The number of amides is 1. The Labute approximate surface area is 150 Å². The number of carbonyl (C=O) groups is 1. The van der Waals surface area contributed by atoms with Crippen LogP contribution >= 0.6 is 11.3 Å². The van der Waals surface area contributed by atoms with Gasteiger partial charge in [0.1, 0.15) is 0 Å². The highest BCUT2D eigenvalue weighted by Crippen LogP contribution is 2.41. The highest BCUT2D eigenvalue weighted by atomic mass is 32.1. The molecule has 0 aromatic carbocycles. The lowest BCUT2D eigenvalue weighted by Crippen LogP contribution is -2.48. The zero-order valence-corrected chi connectivity index (χ0v) is 15.3. The molecule has 1 saturated carbocycles. The van der Waals surface area contributed by atoms with Gasteiger partial charge in [0, 0.05) is 36.5 Å². The highest BCUT2D eigenvalue weighted by Gasteiger charge is 2.48. The minimum absolute atomic E-state index is 0.0736. The van der Waals surface area contributed by atoms with Crippen LogP contribution in [0.4, 0.5) is 13.2 Å². The van der Waals surface area contributed by atoms with Gasteiger partial charge in [-0.2, -0.15) is 13.2 Å². The van der Waals surface area contributed by atoms with Gasteiger partial charge in [-0.1, -0.05) is 12.8 Å². The molecular formula is C18H25F3N2OS. The first kappa shape index (κ1) is 18.7. The molecule has 1 N–H and O–H groups in total. The van der Waals surface area contributed by atoms with Crippen molar-refractivity contribution in [2.24, 2.45) is 11.8 Å². The van der Waals surface area contributed by atoms with E-state index in [-0.39, 0.29) is 12.5 Å². The van der Waals surface area contributed by atoms with Crippen molar-refractivity contribution in [1.82, 2.24) is 10.2 Å². The molecule has 0 spiro atoms. The van der Waals surface area contributed by atoms with Crippen LogP contribution in [0.2, 0.25) is 0 Å². The van der Waals surface area contributed by atoms with E-state index >= 15 is 0 Å². The summed E-state index contributed by atoms with van der Waals surface area (Å²) >= 11 is 1.78. The summed E-state index contributed by atoms with van der Waals surface area (Å²) in [6, 6.07) is 2.25. The number of carbonyl (C=O) groups excluding carboxylic acids is 1. The molecule has 1 amide bonds. The molecule has 2 heterocycles. The molecule has 1 fully saturated rings. The molecule has 1 aliphatic carbocycles. The molecule has 3 rings (SSSR count). The summed E-state index contributed by atoms with van der Waals surface area (Å²) in [7, 11) is 0. The van der Waals surface area contributed by atoms with Crippen molar-refractivity contribution in [3.05, 3.63) is 21.9 Å². The van der Waals surface area contributed by atoms with Crippen molar-refractivity contribution in [2.75, 3.05) is 13.1 Å². The van der Waals surface area contributed by atoms with Crippen LogP contribution in [0.3, 0.4) is 0 Å². The number of thiophene rings is 1. The van der Waals surface area contributed by atoms with Crippen molar-refractivity contribution in [3.63, 3.8) is 0 Å². The molecular weight excluding hydrogens is 349 g/mol. The third kappa shape index (κ3) is 4.37. The zero-order valence-electron chi connectivity index (χ0n) is 14.4. The van der Waals surface area contributed by atoms with E-state index in [0.29, 0.717) is 25.8 Å². The van der Waals surface area contributed by atoms with Gasteiger partial charge in [0.2, 0.25) is 5.91 Å². The monoisotopic (exact) mass is 374 g/mol. The van der Waals surface area contributed by atoms with Crippen LogP contribution in [-0.2, 0) is 17.8 Å². The first-order chi connectivity index (χ1) is 11.9. The second-order valence-corrected chi connectivity index (χ2v) is 8.22. The third-order valence-electron chi connectivity index (χ3n) is 5.56. The smallest absolute Gasteiger partial charge is 0.354 e. The quantitative estimate of drug-likeness (QED) is 0.865. The summed E-state index contributed by atoms with van der Waals surface area (Å²) in [6.45, 7) is 4.21. The molecule has 140 valence electrons. The van der Waals surface area contributed by atoms with Crippen LogP contribution in [0.5, 0.6) is 0 Å². The third-order valence-corrected chi connectivity index (χ3v) is 6.58. The van der Waals surface area contributed by atoms with Crippen LogP contribution < -0.4 is 5.32 Å². The number of halogens is 3. The molecule has 3 atom stereocenters. The van der Waals surface area contributed by atoms with E-state index < -0.39 is 23.9 Å². The number of rotatable bonds is 4. The van der Waals surface area contributed by atoms with Crippen molar-refractivity contribution in [3.8, 4) is 0 Å². The Morgan fingerprint density at radius 3 is 2.92 bits per heavy atom. The summed E-state index contributed by atoms with van der Waals surface area (Å²) in [5.41, 5.74) is 1.33. The first-order valence-electron chi connectivity index (χ1n) is 9.00. The fourth-order valence-electron chi connectivity index (χ4n) is 3.99. The number of alkyl halides is 3. The molecule has 0 unspecified atom stereocenters. The van der Waals surface area contributed by atoms with Gasteiger partial charge < -0.3 is 5.32 Å². The maximum atomic E-state index is 13.2. The van der Waals surface area contributed by atoms with Gasteiger partial charge in [0.25, 0.3) is 0 Å². The molecule has 25 heavy (non-hydrogen) atoms. The molecule has 0 bridgehead atoms. The Morgan fingerprint density at radius 1 is 1.40 bits per heavy atom. The van der Waals surface area contributed by atoms with Gasteiger partial charge in [0.15, 0.2) is 0 Å². The Kier molecular flexibility index (Phi) is 5.73. The van der Waals surface area contributed by atoms with Gasteiger partial charge in [-0.25, -0.2) is 0 Å². The topological polar surface area (TPSA) is 32.3 Å². The fraction of sp³-hybridized carbons (Fsp3) is 0.722. The highest BCUT2D eigenvalue weighted by molar-refractivity contribution is 7.10. The van der Waals surface area contributed by atoms with Crippen molar-refractivity contribution < 1.29 is 18.0 Å². The van der Waals surface area contributed by atoms with Crippen LogP contribution in [0.25, 0.3) is 0 Å². The van der Waals surface area contributed by atoms with E-state index in [9.17, 15) is 18.0 Å². The van der Waals surface area contributed by atoms with Crippen molar-refractivity contribution >= 4 is 17.2 Å². The number of hydrogen-bond acceptors (Lipinski definition) is 3. The van der Waals surface area contributed by atoms with E-state index in [1.807, 2.05) is 6.92 Å². The fourth-order valence-corrected chi connectivity index (χ4v) is 4.88. The molecule has 1 aliphatic heterocycles. The Bertz CT molecular complexity index is 601. The maximum absolute atomic E-state index is 13.2. The van der Waals surface area contributed by atoms with Crippen LogP contribution in [0.15, 0.2) is 11.4 Å². The molecule has 0 saturated heterocycles. The predicted octanol–water partition coefficient (Wildman–Crippen LogP) is 3.98. The Hall–Kier alpha value is -1.08. The number of hydrogen-bond donors (Lipinski definition) is 1. The zero-order chi connectivity index (χ0) is 18.0. The Morgan fingerprint density at radius 2 is 2.16 bits per heavy atom. The molecule has 7 heteroatoms. The van der Waals surface area contributed by atoms with Crippen LogP contribution in [0, 0.1) is 11.8 Å². The minimum Gasteiger partial charge on any atom is -0.354 e. The average molecular weight is 374 g/mol. The van der Waals surface area contributed by atoms with E-state index in [2.05, 4.69) is 21.7 Å². The van der Waals surface area contributed by atoms with Gasteiger partial charge in [-0.05, 0) is 43.2 Å². The lowest BCUT2D eigenvalue weighted by molar-refractivity contribution is -0.198. The van der Waals surface area contributed by atoms with Crippen molar-refractivity contribution in [2.45, 2.75) is 57.8 Å². The van der Waals surface area contributed by atoms with E-state index in [0.717, 1.165) is 19.5 Å². The molecule has 1 aromatic rings. The predicted molar refractivity (Wildman–Crippen MR) is 92.4 cm³/mol. The summed E-state index contributed by atoms with van der Waals surface area (Å²) in [6.07, 6.45) is -1.61. The van der Waals surface area contributed by atoms with Gasteiger partial charge in [-0.15, -0.1) is 11.3 Å². The molecule has 0 radical (unpaired) electrons. The lowest BCUT2D eigenvalue weighted by Gasteiger charge is -2.34. The summed E-state index contributed by atoms with van der Waals surface area (Å²) in [5, 5.41) is 4.89. The second-order valence-electron chi connectivity index (χ2n) is 7.22. The minimum atomic E-state index is -4.28. The van der Waals surface area contributed by atoms with E-state index in [4.69, 9.17) is 0 Å². The number of nitrogens with zero attached hydrogens (tertiary/aromatic N) is 1. The van der Waals surface area contributed by atoms with Crippen LogP contribution in [-0.4, -0.2) is 36.1 Å². The Balaban J connectivity index is 1.53. The first-order valence-corrected chi connectivity index (χ1v) is 9.88. The molecule has 1 aromatic heterocycles. The van der Waals surface area contributed by atoms with E-state index in [1.165, 1.54) is 10.4 Å². The largest absolute Gasteiger partial charge is 0.392 e. The normalized spacial score (nSPS) is 26.1. The van der Waals surface area contributed by atoms with E-state index in [1.54, 1.807) is 11.3 Å². The average Bonchev–Trinajstić information content (AvgIpc) is 3.06. The van der Waals surface area contributed by atoms with Crippen LogP contribution in [0.1, 0.15) is 43.0 Å². The summed E-state index contributed by atoms with van der Waals surface area (Å²) in [4.78, 5) is 16.1. The SMILES string of the molecule is C[C@H](CNC(=O)[C@H]1CCCC[C@H]1C(F)(F)F)N1CCc2sccc2C1. The molecule has 2 aliphatic rings. The van der Waals surface area contributed by atoms with Gasteiger partial charge in [0.05, 0.1) is 5.92 Å². The summed E-state index contributed by atoms with van der Waals surface area (Å²) in [5.74, 6) is -2.84. The second kappa shape index (κ2) is 7.66. The maximum Gasteiger partial charge on any atom is 0.392 e. The standard InChI is InChI=1S/C18H25F3N2OS/c1-12(23-8-6-16-13(11-23)7-9-25-16)10-22-17(24)14-4-2-3-5-15(14)18(19,20)21/h7,9,12,14-15H,2-6,8,10-11H2,1H3,(H,22,24)/t12-,14+,15-/m1/s1. The molecule has 3 nitrogen and oxygen atoms in total. The summed E-state index contributed by atoms with van der Waals surface area (Å²) < 4.78 is 39.5. The van der Waals surface area contributed by atoms with Gasteiger partial charge in [-0.3, -0.25) is 9.69 Å². The van der Waals surface area contributed by atoms with Gasteiger partial charge >= 0.3 is 6.18 Å².